The number of hydrogen-bond donors (Lipinski definition) is 0. The van der Waals surface area contributed by atoms with Crippen LogP contribution in [0.5, 0.6) is 0 Å². The van der Waals surface area contributed by atoms with Gasteiger partial charge in [-0.05, 0) is 46.9 Å². The van der Waals surface area contributed by atoms with E-state index in [1.165, 1.54) is 22.9 Å². The molecule has 0 bridgehead atoms. The Morgan fingerprint density at radius 3 is 2.16 bits per heavy atom. The second-order valence-electron chi connectivity index (χ2n) is 7.03. The minimum absolute atomic E-state index is 0.172. The van der Waals surface area contributed by atoms with Crippen LogP contribution in [0.15, 0.2) is 108 Å². The maximum atomic E-state index is 13.2. The number of Topliss-reactive ketones (excluding diaryl/α,β-unsaturated/α-hetero) is 1. The molecule has 1 aromatic heterocycles. The van der Waals surface area contributed by atoms with Crippen molar-refractivity contribution in [3.63, 3.8) is 0 Å². The van der Waals surface area contributed by atoms with Gasteiger partial charge in [0.2, 0.25) is 5.78 Å². The largest absolute Gasteiger partial charge is 0.445 e. The van der Waals surface area contributed by atoms with Crippen LogP contribution in [0, 0.1) is 3.57 Å². The standard InChI is InChI=1S/C26H18INO4/c27-21-12-7-13-22(16-21)28-17-20(14-15-23(28)29)26(31)32-25(19-10-5-2-6-11-19)24(30)18-8-3-1-4-9-18/h1-17,25H. The number of ketones is 1. The Labute approximate surface area is 198 Å². The molecule has 0 fully saturated rings. The van der Waals surface area contributed by atoms with Crippen LogP contribution < -0.4 is 5.56 Å². The second-order valence-corrected chi connectivity index (χ2v) is 8.28. The summed E-state index contributed by atoms with van der Waals surface area (Å²) in [5.74, 6) is -1.02. The first kappa shape index (κ1) is 21.7. The fraction of sp³-hybridized carbons (Fsp3) is 0.0385. The molecule has 0 saturated carbocycles. The highest BCUT2D eigenvalue weighted by Gasteiger charge is 2.27. The number of halogens is 1. The van der Waals surface area contributed by atoms with Crippen molar-refractivity contribution in [2.45, 2.75) is 6.10 Å². The number of carbonyl (C=O) groups is 2. The predicted molar refractivity (Wildman–Crippen MR) is 130 cm³/mol. The highest BCUT2D eigenvalue weighted by atomic mass is 127. The molecule has 5 nitrogen and oxygen atoms in total. The molecule has 0 N–H and O–H groups in total. The van der Waals surface area contributed by atoms with Crippen LogP contribution in [0.3, 0.4) is 0 Å². The molecule has 3 aromatic carbocycles. The molecule has 0 spiro atoms. The van der Waals surface area contributed by atoms with E-state index in [1.807, 2.05) is 30.3 Å². The van der Waals surface area contributed by atoms with Gasteiger partial charge in [-0.1, -0.05) is 66.7 Å². The van der Waals surface area contributed by atoms with E-state index in [2.05, 4.69) is 22.6 Å². The average molecular weight is 535 g/mol. The molecule has 1 unspecified atom stereocenters. The molecule has 0 aliphatic rings. The molecule has 4 aromatic rings. The fourth-order valence-corrected chi connectivity index (χ4v) is 3.79. The van der Waals surface area contributed by atoms with Gasteiger partial charge < -0.3 is 4.74 Å². The molecule has 0 radical (unpaired) electrons. The Bertz CT molecular complexity index is 1320. The van der Waals surface area contributed by atoms with Crippen LogP contribution in [-0.4, -0.2) is 16.3 Å². The summed E-state index contributed by atoms with van der Waals surface area (Å²) in [5, 5.41) is 0. The Balaban J connectivity index is 1.68. The molecule has 0 aliphatic carbocycles. The summed E-state index contributed by atoms with van der Waals surface area (Å²) in [6.45, 7) is 0. The minimum atomic E-state index is -1.11. The first-order valence-electron chi connectivity index (χ1n) is 9.87. The highest BCUT2D eigenvalue weighted by Crippen LogP contribution is 2.24. The maximum absolute atomic E-state index is 13.2. The van der Waals surface area contributed by atoms with Gasteiger partial charge in [-0.2, -0.15) is 0 Å². The lowest BCUT2D eigenvalue weighted by Crippen LogP contribution is -2.23. The summed E-state index contributed by atoms with van der Waals surface area (Å²) in [6.07, 6.45) is 0.328. The van der Waals surface area contributed by atoms with Crippen molar-refractivity contribution < 1.29 is 14.3 Å². The Morgan fingerprint density at radius 1 is 0.781 bits per heavy atom. The van der Waals surface area contributed by atoms with Crippen molar-refractivity contribution in [1.29, 1.82) is 0 Å². The number of ether oxygens (including phenoxy) is 1. The number of aromatic nitrogens is 1. The van der Waals surface area contributed by atoms with Crippen LogP contribution in [0.25, 0.3) is 5.69 Å². The highest BCUT2D eigenvalue weighted by molar-refractivity contribution is 14.1. The van der Waals surface area contributed by atoms with Crippen LogP contribution in [0.2, 0.25) is 0 Å². The summed E-state index contributed by atoms with van der Waals surface area (Å²) in [5.41, 5.74) is 1.55. The molecule has 1 atom stereocenters. The monoisotopic (exact) mass is 535 g/mol. The predicted octanol–water partition coefficient (Wildman–Crippen LogP) is 5.22. The van der Waals surface area contributed by atoms with E-state index in [0.717, 1.165) is 3.57 Å². The summed E-state index contributed by atoms with van der Waals surface area (Å²) < 4.78 is 8.03. The molecule has 4 rings (SSSR count). The van der Waals surface area contributed by atoms with E-state index in [-0.39, 0.29) is 16.9 Å². The van der Waals surface area contributed by atoms with E-state index >= 15 is 0 Å². The van der Waals surface area contributed by atoms with Crippen LogP contribution in [0.1, 0.15) is 32.4 Å². The van der Waals surface area contributed by atoms with Gasteiger partial charge in [0.15, 0.2) is 6.10 Å². The summed E-state index contributed by atoms with van der Waals surface area (Å²) in [4.78, 5) is 38.6. The van der Waals surface area contributed by atoms with Crippen molar-refractivity contribution in [2.75, 3.05) is 0 Å². The van der Waals surface area contributed by atoms with Crippen molar-refractivity contribution in [3.8, 4) is 5.69 Å². The van der Waals surface area contributed by atoms with Crippen molar-refractivity contribution in [2.24, 2.45) is 0 Å². The van der Waals surface area contributed by atoms with Gasteiger partial charge >= 0.3 is 5.97 Å². The van der Waals surface area contributed by atoms with Crippen LogP contribution in [-0.2, 0) is 4.74 Å². The zero-order chi connectivity index (χ0) is 22.5. The SMILES string of the molecule is O=C(OC(C(=O)c1ccccc1)c1ccccc1)c1ccc(=O)n(-c2cccc(I)c2)c1. The number of carbonyl (C=O) groups excluding carboxylic acids is 2. The van der Waals surface area contributed by atoms with Gasteiger partial charge in [-0.25, -0.2) is 4.79 Å². The van der Waals surface area contributed by atoms with Crippen LogP contribution in [0.4, 0.5) is 0 Å². The first-order chi connectivity index (χ1) is 15.5. The van der Waals surface area contributed by atoms with E-state index in [4.69, 9.17) is 4.74 Å². The molecule has 6 heteroatoms. The number of nitrogens with zero attached hydrogens (tertiary/aromatic N) is 1. The van der Waals surface area contributed by atoms with E-state index in [1.54, 1.807) is 54.6 Å². The zero-order valence-electron chi connectivity index (χ0n) is 16.9. The van der Waals surface area contributed by atoms with E-state index in [9.17, 15) is 14.4 Å². The van der Waals surface area contributed by atoms with Gasteiger partial charge in [0.25, 0.3) is 5.56 Å². The Kier molecular flexibility index (Phi) is 6.61. The fourth-order valence-electron chi connectivity index (χ4n) is 3.27. The van der Waals surface area contributed by atoms with E-state index < -0.39 is 12.1 Å². The molecule has 0 saturated heterocycles. The molecule has 0 amide bonds. The molecular formula is C26H18INO4. The Morgan fingerprint density at radius 2 is 1.47 bits per heavy atom. The number of pyridine rings is 1. The normalized spacial score (nSPS) is 11.5. The van der Waals surface area contributed by atoms with Crippen molar-refractivity contribution >= 4 is 34.3 Å². The zero-order valence-corrected chi connectivity index (χ0v) is 19.0. The number of esters is 1. The average Bonchev–Trinajstić information content (AvgIpc) is 2.83. The molecule has 0 aliphatic heterocycles. The van der Waals surface area contributed by atoms with Gasteiger partial charge in [0, 0.05) is 32.6 Å². The van der Waals surface area contributed by atoms with Gasteiger partial charge in [0.05, 0.1) is 5.56 Å². The van der Waals surface area contributed by atoms with Gasteiger partial charge in [0.1, 0.15) is 0 Å². The van der Waals surface area contributed by atoms with Crippen molar-refractivity contribution in [3.05, 3.63) is 134 Å². The lowest BCUT2D eigenvalue weighted by Gasteiger charge is -2.18. The third kappa shape index (κ3) is 4.86. The topological polar surface area (TPSA) is 65.4 Å². The summed E-state index contributed by atoms with van der Waals surface area (Å²) in [7, 11) is 0. The maximum Gasteiger partial charge on any atom is 0.340 e. The summed E-state index contributed by atoms with van der Waals surface area (Å²) in [6, 6.07) is 27.7. The second kappa shape index (κ2) is 9.74. The number of hydrogen-bond acceptors (Lipinski definition) is 4. The third-order valence-corrected chi connectivity index (χ3v) is 5.53. The molecule has 1 heterocycles. The minimum Gasteiger partial charge on any atom is -0.445 e. The Hall–Kier alpha value is -3.52. The van der Waals surface area contributed by atoms with E-state index in [0.29, 0.717) is 16.8 Å². The van der Waals surface area contributed by atoms with Crippen LogP contribution >= 0.6 is 22.6 Å². The molecular weight excluding hydrogens is 517 g/mol. The lowest BCUT2D eigenvalue weighted by molar-refractivity contribution is 0.0279. The van der Waals surface area contributed by atoms with Gasteiger partial charge in [-0.3, -0.25) is 14.2 Å². The quantitative estimate of drug-likeness (QED) is 0.193. The third-order valence-electron chi connectivity index (χ3n) is 4.86. The lowest BCUT2D eigenvalue weighted by atomic mass is 10.00. The molecule has 32 heavy (non-hydrogen) atoms. The molecule has 158 valence electrons. The number of benzene rings is 3. The van der Waals surface area contributed by atoms with Gasteiger partial charge in [-0.15, -0.1) is 0 Å². The smallest absolute Gasteiger partial charge is 0.340 e. The number of rotatable bonds is 6. The first-order valence-corrected chi connectivity index (χ1v) is 10.9. The summed E-state index contributed by atoms with van der Waals surface area (Å²) >= 11 is 2.16. The van der Waals surface area contributed by atoms with Crippen molar-refractivity contribution in [1.82, 2.24) is 4.57 Å².